The van der Waals surface area contributed by atoms with E-state index in [1.807, 2.05) is 0 Å². The lowest BCUT2D eigenvalue weighted by atomic mass is 10.1. The molecule has 0 aromatic rings. The van der Waals surface area contributed by atoms with E-state index in [2.05, 4.69) is 41.5 Å². The zero-order chi connectivity index (χ0) is 36.1. The highest BCUT2D eigenvalue weighted by molar-refractivity contribution is 5.92. The van der Waals surface area contributed by atoms with Gasteiger partial charge in [0.05, 0.1) is 26.4 Å². The first-order valence-corrected chi connectivity index (χ1v) is 19.1. The maximum absolute atomic E-state index is 11.5. The number of esters is 4. The number of hydrogen-bond donors (Lipinski definition) is 0. The van der Waals surface area contributed by atoms with Crippen molar-refractivity contribution in [3.05, 3.63) is 24.3 Å². The average molecular weight is 681 g/mol. The third kappa shape index (κ3) is 41.4. The Balaban J connectivity index is 0. The summed E-state index contributed by atoms with van der Waals surface area (Å²) in [6, 6.07) is 0. The highest BCUT2D eigenvalue weighted by Crippen LogP contribution is 2.09. The summed E-state index contributed by atoms with van der Waals surface area (Å²) in [6.07, 6.45) is 27.0. The zero-order valence-corrected chi connectivity index (χ0v) is 31.7. The number of ether oxygens (including phenoxy) is 4. The Hall–Kier alpha value is -2.64. The first-order valence-electron chi connectivity index (χ1n) is 19.1. The Kier molecular flexibility index (Phi) is 36.8. The molecule has 8 nitrogen and oxygen atoms in total. The van der Waals surface area contributed by atoms with Crippen LogP contribution in [0.15, 0.2) is 24.3 Å². The Morgan fingerprint density at radius 1 is 0.375 bits per heavy atom. The molecule has 0 unspecified atom stereocenters. The summed E-state index contributed by atoms with van der Waals surface area (Å²) in [5.41, 5.74) is 0. The van der Waals surface area contributed by atoms with Gasteiger partial charge in [-0.2, -0.15) is 0 Å². The van der Waals surface area contributed by atoms with Crippen LogP contribution < -0.4 is 0 Å². The van der Waals surface area contributed by atoms with Gasteiger partial charge in [-0.3, -0.25) is 0 Å². The molecule has 0 aromatic carbocycles. The van der Waals surface area contributed by atoms with E-state index >= 15 is 0 Å². The Morgan fingerprint density at radius 3 is 0.854 bits per heavy atom. The summed E-state index contributed by atoms with van der Waals surface area (Å²) in [7, 11) is 0. The van der Waals surface area contributed by atoms with Gasteiger partial charge in [0.25, 0.3) is 0 Å². The van der Waals surface area contributed by atoms with Crippen molar-refractivity contribution in [1.29, 1.82) is 0 Å². The van der Waals surface area contributed by atoms with Crippen molar-refractivity contribution in [3.63, 3.8) is 0 Å². The van der Waals surface area contributed by atoms with Crippen LogP contribution in [0.3, 0.4) is 0 Å². The average Bonchev–Trinajstić information content (AvgIpc) is 3.05. The lowest BCUT2D eigenvalue weighted by Crippen LogP contribution is -2.06. The molecule has 0 heterocycles. The monoisotopic (exact) mass is 681 g/mol. The number of hydrogen-bond acceptors (Lipinski definition) is 8. The first-order chi connectivity index (χ1) is 23.1. The molecule has 0 spiro atoms. The van der Waals surface area contributed by atoms with E-state index in [0.29, 0.717) is 26.4 Å². The van der Waals surface area contributed by atoms with E-state index in [0.717, 1.165) is 100 Å². The Bertz CT molecular complexity index is 765. The molecule has 0 aromatic heterocycles. The zero-order valence-electron chi connectivity index (χ0n) is 31.7. The summed E-state index contributed by atoms with van der Waals surface area (Å²) in [5.74, 6) is -0.464. The van der Waals surface area contributed by atoms with Crippen molar-refractivity contribution < 1.29 is 38.1 Å². The number of rotatable bonds is 30. The van der Waals surface area contributed by atoms with Crippen LogP contribution in [0.4, 0.5) is 0 Å². The van der Waals surface area contributed by atoms with Crippen LogP contribution in [0.5, 0.6) is 0 Å². The maximum atomic E-state index is 11.5. The fraction of sp³-hybridized carbons (Fsp3) is 0.800. The van der Waals surface area contributed by atoms with E-state index in [4.69, 9.17) is 18.9 Å². The molecule has 48 heavy (non-hydrogen) atoms. The van der Waals surface area contributed by atoms with E-state index in [1.54, 1.807) is 0 Å². The highest BCUT2D eigenvalue weighted by Gasteiger charge is 2.03. The molecular weight excluding hydrogens is 608 g/mol. The smallest absolute Gasteiger partial charge is 0.331 e. The van der Waals surface area contributed by atoms with Gasteiger partial charge in [-0.25, -0.2) is 19.2 Å². The van der Waals surface area contributed by atoms with Crippen molar-refractivity contribution in [2.75, 3.05) is 26.4 Å². The number of carbonyl (C=O) groups excluding carboxylic acids is 4. The summed E-state index contributed by atoms with van der Waals surface area (Å²) in [5, 5.41) is 0. The third-order valence-electron chi connectivity index (χ3n) is 7.54. The second kappa shape index (κ2) is 37.2. The fourth-order valence-electron chi connectivity index (χ4n) is 4.58. The van der Waals surface area contributed by atoms with Gasteiger partial charge in [0.1, 0.15) is 0 Å². The van der Waals surface area contributed by atoms with Crippen LogP contribution in [0, 0.1) is 11.8 Å². The van der Waals surface area contributed by atoms with Crippen LogP contribution in [0.2, 0.25) is 0 Å². The molecule has 0 atom stereocenters. The van der Waals surface area contributed by atoms with Gasteiger partial charge in [-0.05, 0) is 37.5 Å². The molecule has 0 bridgehead atoms. The maximum Gasteiger partial charge on any atom is 0.331 e. The number of unbranched alkanes of at least 4 members (excludes halogenated alkanes) is 14. The van der Waals surface area contributed by atoms with Gasteiger partial charge in [0.15, 0.2) is 0 Å². The van der Waals surface area contributed by atoms with Crippen molar-refractivity contribution in [3.8, 4) is 0 Å². The molecule has 0 saturated carbocycles. The standard InChI is InChI=1S/2C20H36O4/c1-17(2)11-7-5-9-15-23-19(21)13-14-20(22)24-16-10-6-8-12-18(3)4;1-3-5-7-9-11-13-17-23-19(21)15-16-20(22)24-18-14-12-10-8-6-4-2/h13-14,17-18H,5-12,15-16H2,1-4H3;15-16H,3-14,17-18H2,1-2H3. The predicted octanol–water partition coefficient (Wildman–Crippen LogP) is 10.4. The Morgan fingerprint density at radius 2 is 0.604 bits per heavy atom. The molecule has 0 aliphatic heterocycles. The van der Waals surface area contributed by atoms with Crippen LogP contribution in [-0.2, 0) is 38.1 Å². The molecule has 0 rings (SSSR count). The van der Waals surface area contributed by atoms with Crippen LogP contribution in [0.1, 0.15) is 170 Å². The van der Waals surface area contributed by atoms with Gasteiger partial charge in [-0.15, -0.1) is 0 Å². The van der Waals surface area contributed by atoms with Crippen molar-refractivity contribution in [2.24, 2.45) is 11.8 Å². The van der Waals surface area contributed by atoms with Gasteiger partial charge >= 0.3 is 23.9 Å². The minimum Gasteiger partial charge on any atom is -0.463 e. The molecule has 0 radical (unpaired) electrons. The Labute approximate surface area is 294 Å². The summed E-state index contributed by atoms with van der Waals surface area (Å²) in [4.78, 5) is 45.8. The van der Waals surface area contributed by atoms with Crippen LogP contribution >= 0.6 is 0 Å². The van der Waals surface area contributed by atoms with Gasteiger partial charge < -0.3 is 18.9 Å². The van der Waals surface area contributed by atoms with Gasteiger partial charge in [0, 0.05) is 24.3 Å². The minimum atomic E-state index is -0.479. The normalized spacial score (nSPS) is 11.2. The second-order valence-corrected chi connectivity index (χ2v) is 13.4. The van der Waals surface area contributed by atoms with Crippen LogP contribution in [-0.4, -0.2) is 50.3 Å². The summed E-state index contributed by atoms with van der Waals surface area (Å²) < 4.78 is 20.2. The number of carbonyl (C=O) groups is 4. The largest absolute Gasteiger partial charge is 0.463 e. The molecule has 280 valence electrons. The lowest BCUT2D eigenvalue weighted by molar-refractivity contribution is -0.140. The predicted molar refractivity (Wildman–Crippen MR) is 195 cm³/mol. The first kappa shape index (κ1) is 47.5. The molecule has 0 aliphatic carbocycles. The second-order valence-electron chi connectivity index (χ2n) is 13.4. The van der Waals surface area contributed by atoms with Gasteiger partial charge in [-0.1, -0.05) is 144 Å². The lowest BCUT2D eigenvalue weighted by Gasteiger charge is -2.05. The third-order valence-corrected chi connectivity index (χ3v) is 7.54. The molecular formula is C40H72O8. The van der Waals surface area contributed by atoms with Crippen LogP contribution in [0.25, 0.3) is 0 Å². The fourth-order valence-corrected chi connectivity index (χ4v) is 4.58. The topological polar surface area (TPSA) is 105 Å². The van der Waals surface area contributed by atoms with E-state index in [9.17, 15) is 19.2 Å². The molecule has 8 heteroatoms. The molecule has 0 amide bonds. The minimum absolute atomic E-state index is 0.409. The van der Waals surface area contributed by atoms with E-state index < -0.39 is 23.9 Å². The van der Waals surface area contributed by atoms with Crippen molar-refractivity contribution >= 4 is 23.9 Å². The summed E-state index contributed by atoms with van der Waals surface area (Å²) >= 11 is 0. The SMILES string of the molecule is CC(C)CCCCCOC(=O)C=CC(=O)OCCCCCC(C)C.CCCCCCCCOC(=O)C=CC(=O)OCCCCCCCC. The molecule has 0 saturated heterocycles. The molecule has 0 aliphatic rings. The van der Waals surface area contributed by atoms with Crippen molar-refractivity contribution in [1.82, 2.24) is 0 Å². The summed E-state index contributed by atoms with van der Waals surface area (Å²) in [6.45, 7) is 14.8. The van der Waals surface area contributed by atoms with Gasteiger partial charge in [0.2, 0.25) is 0 Å². The quantitative estimate of drug-likeness (QED) is 0.0319. The van der Waals surface area contributed by atoms with E-state index in [-0.39, 0.29) is 0 Å². The van der Waals surface area contributed by atoms with Crippen molar-refractivity contribution in [2.45, 2.75) is 170 Å². The molecule has 0 fully saturated rings. The highest BCUT2D eigenvalue weighted by atomic mass is 16.5. The van der Waals surface area contributed by atoms with E-state index in [1.165, 1.54) is 64.2 Å². The molecule has 0 N–H and O–H groups in total.